The van der Waals surface area contributed by atoms with Gasteiger partial charge in [0, 0.05) is 6.42 Å². The lowest BCUT2D eigenvalue weighted by atomic mass is 9.98. The van der Waals surface area contributed by atoms with Crippen molar-refractivity contribution >= 4 is 0 Å². The lowest BCUT2D eigenvalue weighted by molar-refractivity contribution is 0.150. The van der Waals surface area contributed by atoms with E-state index < -0.39 is 5.60 Å². The van der Waals surface area contributed by atoms with Crippen LogP contribution in [0.15, 0.2) is 12.1 Å². The van der Waals surface area contributed by atoms with Gasteiger partial charge in [-0.15, -0.1) is 0 Å². The first kappa shape index (κ1) is 10.5. The number of ether oxygens (including phenoxy) is 1. The Labute approximate surface area is 90.9 Å². The van der Waals surface area contributed by atoms with Gasteiger partial charge in [0.2, 0.25) is 0 Å². The van der Waals surface area contributed by atoms with Gasteiger partial charge in [0.25, 0.3) is 0 Å². The quantitative estimate of drug-likeness (QED) is 0.822. The third-order valence-electron chi connectivity index (χ3n) is 3.27. The van der Waals surface area contributed by atoms with E-state index in [1.807, 2.05) is 6.92 Å². The van der Waals surface area contributed by atoms with E-state index in [4.69, 9.17) is 4.74 Å². The minimum absolute atomic E-state index is 0.426. The molecule has 15 heavy (non-hydrogen) atoms. The largest absolute Gasteiger partial charge is 0.496 e. The maximum atomic E-state index is 9.90. The molecule has 2 rings (SSSR count). The van der Waals surface area contributed by atoms with Gasteiger partial charge in [-0.05, 0) is 43.4 Å². The molecule has 1 aromatic carbocycles. The zero-order chi connectivity index (χ0) is 11.1. The molecule has 1 aliphatic rings. The van der Waals surface area contributed by atoms with Crippen LogP contribution in [0.3, 0.4) is 0 Å². The highest BCUT2D eigenvalue weighted by atomic mass is 16.5. The van der Waals surface area contributed by atoms with Crippen LogP contribution in [0.25, 0.3) is 0 Å². The molecule has 0 amide bonds. The van der Waals surface area contributed by atoms with Crippen molar-refractivity contribution in [3.05, 3.63) is 28.8 Å². The Morgan fingerprint density at radius 1 is 1.33 bits per heavy atom. The van der Waals surface area contributed by atoms with Crippen molar-refractivity contribution < 1.29 is 9.84 Å². The van der Waals surface area contributed by atoms with Crippen LogP contribution in [-0.2, 0) is 6.42 Å². The van der Waals surface area contributed by atoms with Gasteiger partial charge in [-0.3, -0.25) is 0 Å². The number of aryl methyl sites for hydroxylation is 1. The molecular weight excluding hydrogens is 188 g/mol. The molecule has 2 nitrogen and oxygen atoms in total. The van der Waals surface area contributed by atoms with Crippen LogP contribution in [0.4, 0.5) is 0 Å². The van der Waals surface area contributed by atoms with Crippen LogP contribution in [-0.4, -0.2) is 17.8 Å². The fourth-order valence-corrected chi connectivity index (χ4v) is 2.05. The highest BCUT2D eigenvalue weighted by molar-refractivity contribution is 5.45. The van der Waals surface area contributed by atoms with Gasteiger partial charge in [-0.25, -0.2) is 0 Å². The molecule has 0 radical (unpaired) electrons. The molecule has 0 aromatic heterocycles. The van der Waals surface area contributed by atoms with Crippen LogP contribution < -0.4 is 4.74 Å². The van der Waals surface area contributed by atoms with Gasteiger partial charge < -0.3 is 9.84 Å². The summed E-state index contributed by atoms with van der Waals surface area (Å²) in [5.41, 5.74) is 3.10. The van der Waals surface area contributed by atoms with Crippen LogP contribution in [0, 0.1) is 13.8 Å². The van der Waals surface area contributed by atoms with Crippen molar-refractivity contribution in [2.24, 2.45) is 0 Å². The molecule has 1 saturated carbocycles. The molecule has 1 N–H and O–H groups in total. The van der Waals surface area contributed by atoms with Crippen molar-refractivity contribution in [3.63, 3.8) is 0 Å². The molecule has 1 aromatic rings. The van der Waals surface area contributed by atoms with Crippen molar-refractivity contribution in [3.8, 4) is 5.75 Å². The van der Waals surface area contributed by atoms with Gasteiger partial charge in [-0.2, -0.15) is 0 Å². The normalized spacial score (nSPS) is 17.6. The Morgan fingerprint density at radius 2 is 2.00 bits per heavy atom. The predicted molar refractivity (Wildman–Crippen MR) is 60.4 cm³/mol. The molecule has 2 heteroatoms. The summed E-state index contributed by atoms with van der Waals surface area (Å²) in [5.74, 6) is 0.955. The summed E-state index contributed by atoms with van der Waals surface area (Å²) in [5, 5.41) is 9.90. The highest BCUT2D eigenvalue weighted by Gasteiger charge is 2.40. The first-order chi connectivity index (χ1) is 7.06. The van der Waals surface area contributed by atoms with Crippen LogP contribution in [0.2, 0.25) is 0 Å². The van der Waals surface area contributed by atoms with E-state index in [-0.39, 0.29) is 0 Å². The van der Waals surface area contributed by atoms with Gasteiger partial charge in [0.05, 0.1) is 12.7 Å². The molecule has 1 fully saturated rings. The number of hydrogen-bond donors (Lipinski definition) is 1. The zero-order valence-electron chi connectivity index (χ0n) is 9.63. The predicted octanol–water partition coefficient (Wildman–Crippen LogP) is 2.38. The lowest BCUT2D eigenvalue weighted by Gasteiger charge is -2.15. The minimum Gasteiger partial charge on any atom is -0.496 e. The second-order valence-corrected chi connectivity index (χ2v) is 4.60. The fraction of sp³-hybridized carbons (Fsp3) is 0.538. The molecule has 82 valence electrons. The summed E-state index contributed by atoms with van der Waals surface area (Å²) in [6.07, 6.45) is 2.63. The second kappa shape index (κ2) is 3.53. The van der Waals surface area contributed by atoms with E-state index in [1.165, 1.54) is 5.56 Å². The highest BCUT2D eigenvalue weighted by Crippen LogP contribution is 2.40. The van der Waals surface area contributed by atoms with E-state index in [0.717, 1.165) is 36.1 Å². The number of methoxy groups -OCH3 is 1. The molecule has 0 aliphatic heterocycles. The third-order valence-corrected chi connectivity index (χ3v) is 3.27. The Hall–Kier alpha value is -1.02. The van der Waals surface area contributed by atoms with Crippen LogP contribution >= 0.6 is 0 Å². The Kier molecular flexibility index (Phi) is 2.47. The van der Waals surface area contributed by atoms with Gasteiger partial charge >= 0.3 is 0 Å². The number of hydrogen-bond acceptors (Lipinski definition) is 2. The van der Waals surface area contributed by atoms with Crippen molar-refractivity contribution in [1.29, 1.82) is 0 Å². The van der Waals surface area contributed by atoms with Gasteiger partial charge in [0.1, 0.15) is 5.75 Å². The maximum absolute atomic E-state index is 9.90. The average molecular weight is 206 g/mol. The Balaban J connectivity index is 2.31. The molecule has 0 unspecified atom stereocenters. The second-order valence-electron chi connectivity index (χ2n) is 4.60. The van der Waals surface area contributed by atoms with Gasteiger partial charge in [0.15, 0.2) is 0 Å². The van der Waals surface area contributed by atoms with Crippen LogP contribution in [0.1, 0.15) is 29.5 Å². The first-order valence-corrected chi connectivity index (χ1v) is 5.41. The third kappa shape index (κ3) is 2.00. The number of rotatable bonds is 3. The Bertz CT molecular complexity index is 378. The van der Waals surface area contributed by atoms with Crippen molar-refractivity contribution in [2.75, 3.05) is 7.11 Å². The number of aliphatic hydroxyl groups is 1. The molecular formula is C13H18O2. The summed E-state index contributed by atoms with van der Waals surface area (Å²) < 4.78 is 5.37. The monoisotopic (exact) mass is 206 g/mol. The van der Waals surface area contributed by atoms with Crippen molar-refractivity contribution in [1.82, 2.24) is 0 Å². The van der Waals surface area contributed by atoms with E-state index in [9.17, 15) is 5.11 Å². The average Bonchev–Trinajstić information content (AvgIpc) is 2.90. The van der Waals surface area contributed by atoms with Crippen molar-refractivity contribution in [2.45, 2.75) is 38.7 Å². The number of benzene rings is 1. The molecule has 1 aliphatic carbocycles. The SMILES string of the molecule is COc1c(C)ccc(CC2(O)CC2)c1C. The van der Waals surface area contributed by atoms with E-state index in [1.54, 1.807) is 7.11 Å². The lowest BCUT2D eigenvalue weighted by Crippen LogP contribution is -2.12. The zero-order valence-corrected chi connectivity index (χ0v) is 9.63. The fourth-order valence-electron chi connectivity index (χ4n) is 2.05. The summed E-state index contributed by atoms with van der Waals surface area (Å²) in [4.78, 5) is 0. The molecule has 0 spiro atoms. The molecule has 0 heterocycles. The summed E-state index contributed by atoms with van der Waals surface area (Å²) in [6.45, 7) is 4.11. The minimum atomic E-state index is -0.426. The topological polar surface area (TPSA) is 29.5 Å². The van der Waals surface area contributed by atoms with E-state index >= 15 is 0 Å². The Morgan fingerprint density at radius 3 is 2.53 bits per heavy atom. The van der Waals surface area contributed by atoms with Gasteiger partial charge in [-0.1, -0.05) is 12.1 Å². The maximum Gasteiger partial charge on any atom is 0.124 e. The summed E-state index contributed by atoms with van der Waals surface area (Å²) in [6, 6.07) is 4.16. The standard InChI is InChI=1S/C13H18O2/c1-9-4-5-11(8-13(14)6-7-13)10(2)12(9)15-3/h4-5,14H,6-8H2,1-3H3. The van der Waals surface area contributed by atoms with Crippen LogP contribution in [0.5, 0.6) is 5.75 Å². The summed E-state index contributed by atoms with van der Waals surface area (Å²) in [7, 11) is 1.70. The first-order valence-electron chi connectivity index (χ1n) is 5.41. The molecule has 0 atom stereocenters. The summed E-state index contributed by atoms with van der Waals surface area (Å²) >= 11 is 0. The smallest absolute Gasteiger partial charge is 0.124 e. The van der Waals surface area contributed by atoms with E-state index in [0.29, 0.717) is 0 Å². The molecule has 0 saturated heterocycles. The van der Waals surface area contributed by atoms with E-state index in [2.05, 4.69) is 19.1 Å². The molecule has 0 bridgehead atoms.